The number of hydrogen-bond donors (Lipinski definition) is 2. The Morgan fingerprint density at radius 1 is 1.30 bits per heavy atom. The molecule has 2 N–H and O–H groups in total. The lowest BCUT2D eigenvalue weighted by Gasteiger charge is -2.06. The summed E-state index contributed by atoms with van der Waals surface area (Å²) in [7, 11) is 0. The van der Waals surface area contributed by atoms with Crippen molar-refractivity contribution < 1.29 is 9.72 Å². The number of hydrogen-bond acceptors (Lipinski definition) is 4. The third kappa shape index (κ3) is 4.62. The zero-order chi connectivity index (χ0) is 14.4. The zero-order valence-electron chi connectivity index (χ0n) is 11.3. The predicted molar refractivity (Wildman–Crippen MR) is 75.5 cm³/mol. The van der Waals surface area contributed by atoms with Crippen molar-refractivity contribution in [1.82, 2.24) is 10.6 Å². The van der Waals surface area contributed by atoms with Crippen LogP contribution in [0, 0.1) is 10.1 Å². The molecule has 1 aromatic rings. The van der Waals surface area contributed by atoms with Crippen LogP contribution in [0.2, 0.25) is 0 Å². The third-order valence-corrected chi connectivity index (χ3v) is 3.23. The van der Waals surface area contributed by atoms with E-state index in [9.17, 15) is 14.9 Å². The van der Waals surface area contributed by atoms with Gasteiger partial charge in [-0.05, 0) is 25.8 Å². The van der Waals surface area contributed by atoms with Crippen LogP contribution in [0.4, 0.5) is 5.69 Å². The number of carbonyl (C=O) groups is 1. The second kappa shape index (κ2) is 7.00. The molecule has 6 nitrogen and oxygen atoms in total. The van der Waals surface area contributed by atoms with Crippen LogP contribution in [-0.4, -0.2) is 30.0 Å². The molecule has 0 spiro atoms. The average Bonchev–Trinajstić information content (AvgIpc) is 3.23. The van der Waals surface area contributed by atoms with Gasteiger partial charge in [0.2, 0.25) is 5.91 Å². The van der Waals surface area contributed by atoms with E-state index in [1.54, 1.807) is 18.2 Å². The van der Waals surface area contributed by atoms with Gasteiger partial charge in [0.15, 0.2) is 0 Å². The van der Waals surface area contributed by atoms with Gasteiger partial charge in [0.1, 0.15) is 0 Å². The second-order valence-corrected chi connectivity index (χ2v) is 4.99. The maximum absolute atomic E-state index is 11.7. The lowest BCUT2D eigenvalue weighted by Crippen LogP contribution is -2.29. The quantitative estimate of drug-likeness (QED) is 0.427. The molecule has 1 aromatic carbocycles. The zero-order valence-corrected chi connectivity index (χ0v) is 11.3. The van der Waals surface area contributed by atoms with Crippen LogP contribution < -0.4 is 10.6 Å². The summed E-state index contributed by atoms with van der Waals surface area (Å²) >= 11 is 0. The number of nitrogens with zero attached hydrogens (tertiary/aromatic N) is 1. The van der Waals surface area contributed by atoms with Crippen molar-refractivity contribution in [3.63, 3.8) is 0 Å². The van der Waals surface area contributed by atoms with E-state index in [4.69, 9.17) is 0 Å². The smallest absolute Gasteiger partial charge is 0.273 e. The van der Waals surface area contributed by atoms with E-state index in [1.807, 2.05) is 0 Å². The van der Waals surface area contributed by atoms with E-state index in [1.165, 1.54) is 18.9 Å². The van der Waals surface area contributed by atoms with Crippen molar-refractivity contribution in [3.8, 4) is 0 Å². The van der Waals surface area contributed by atoms with E-state index in [-0.39, 0.29) is 18.0 Å². The van der Waals surface area contributed by atoms with Gasteiger partial charge in [0.05, 0.1) is 11.3 Å². The minimum atomic E-state index is -0.456. The molecule has 0 aliphatic heterocycles. The predicted octanol–water partition coefficient (Wildman–Crippen LogP) is 1.40. The number of carbonyl (C=O) groups excluding carboxylic acids is 1. The molecule has 20 heavy (non-hydrogen) atoms. The Balaban J connectivity index is 1.71. The summed E-state index contributed by atoms with van der Waals surface area (Å²) in [5, 5.41) is 17.0. The summed E-state index contributed by atoms with van der Waals surface area (Å²) < 4.78 is 0. The van der Waals surface area contributed by atoms with Crippen LogP contribution in [0.15, 0.2) is 24.3 Å². The molecule has 1 fully saturated rings. The number of rotatable bonds is 8. The Bertz CT molecular complexity index is 486. The van der Waals surface area contributed by atoms with E-state index < -0.39 is 4.92 Å². The van der Waals surface area contributed by atoms with E-state index in [0.717, 1.165) is 13.0 Å². The first-order valence-electron chi connectivity index (χ1n) is 6.89. The van der Waals surface area contributed by atoms with Crippen molar-refractivity contribution in [3.05, 3.63) is 39.9 Å². The molecular weight excluding hydrogens is 258 g/mol. The maximum Gasteiger partial charge on any atom is 0.273 e. The van der Waals surface area contributed by atoms with Crippen molar-refractivity contribution in [2.24, 2.45) is 0 Å². The third-order valence-electron chi connectivity index (χ3n) is 3.23. The molecule has 2 rings (SSSR count). The number of amides is 1. The van der Waals surface area contributed by atoms with Crippen LogP contribution in [0.5, 0.6) is 0 Å². The fourth-order valence-electron chi connectivity index (χ4n) is 1.98. The van der Waals surface area contributed by atoms with Gasteiger partial charge in [0, 0.05) is 24.2 Å². The second-order valence-electron chi connectivity index (χ2n) is 4.99. The molecule has 1 amide bonds. The molecule has 0 radical (unpaired) electrons. The van der Waals surface area contributed by atoms with Gasteiger partial charge in [-0.2, -0.15) is 0 Å². The van der Waals surface area contributed by atoms with Gasteiger partial charge in [-0.1, -0.05) is 18.2 Å². The number of nitrogens with one attached hydrogen (secondary N) is 2. The van der Waals surface area contributed by atoms with Crippen molar-refractivity contribution in [2.45, 2.75) is 31.7 Å². The molecule has 1 saturated carbocycles. The van der Waals surface area contributed by atoms with Crippen molar-refractivity contribution >= 4 is 11.6 Å². The molecule has 1 aliphatic carbocycles. The summed E-state index contributed by atoms with van der Waals surface area (Å²) in [5.74, 6) is -0.175. The highest BCUT2D eigenvalue weighted by atomic mass is 16.6. The molecular formula is C14H19N3O3. The Labute approximate surface area is 117 Å². The number of benzene rings is 1. The minimum Gasteiger partial charge on any atom is -0.356 e. The summed E-state index contributed by atoms with van der Waals surface area (Å²) in [6, 6.07) is 7.02. The van der Waals surface area contributed by atoms with Crippen LogP contribution in [0.25, 0.3) is 0 Å². The Morgan fingerprint density at radius 3 is 2.75 bits per heavy atom. The van der Waals surface area contributed by atoms with E-state index >= 15 is 0 Å². The van der Waals surface area contributed by atoms with E-state index in [0.29, 0.717) is 18.2 Å². The molecule has 108 valence electrons. The first-order chi connectivity index (χ1) is 9.66. The molecule has 0 saturated heterocycles. The standard InChI is InChI=1S/C14H19N3O3/c18-14(16-9-3-8-15-12-6-7-12)10-11-4-1-2-5-13(11)17(19)20/h1-2,4-5,12,15H,3,6-10H2,(H,16,18). The van der Waals surface area contributed by atoms with Crippen LogP contribution >= 0.6 is 0 Å². The van der Waals surface area contributed by atoms with Gasteiger partial charge in [-0.15, -0.1) is 0 Å². The Hall–Kier alpha value is -1.95. The summed E-state index contributed by atoms with van der Waals surface area (Å²) in [5.41, 5.74) is 0.448. The molecule has 0 atom stereocenters. The summed E-state index contributed by atoms with van der Waals surface area (Å²) in [4.78, 5) is 22.1. The lowest BCUT2D eigenvalue weighted by molar-refractivity contribution is -0.385. The fourth-order valence-corrected chi connectivity index (χ4v) is 1.98. The van der Waals surface area contributed by atoms with Gasteiger partial charge in [-0.25, -0.2) is 0 Å². The molecule has 0 bridgehead atoms. The van der Waals surface area contributed by atoms with E-state index in [2.05, 4.69) is 10.6 Å². The first kappa shape index (κ1) is 14.5. The molecule has 0 heterocycles. The number of nitro benzene ring substituents is 1. The SMILES string of the molecule is O=C(Cc1ccccc1[N+](=O)[O-])NCCCNC1CC1. The van der Waals surface area contributed by atoms with Crippen molar-refractivity contribution in [1.29, 1.82) is 0 Å². The van der Waals surface area contributed by atoms with Gasteiger partial charge < -0.3 is 10.6 Å². The molecule has 0 unspecified atom stereocenters. The average molecular weight is 277 g/mol. The lowest BCUT2D eigenvalue weighted by atomic mass is 10.1. The largest absolute Gasteiger partial charge is 0.356 e. The van der Waals surface area contributed by atoms with Crippen molar-refractivity contribution in [2.75, 3.05) is 13.1 Å². The monoisotopic (exact) mass is 277 g/mol. The first-order valence-corrected chi connectivity index (χ1v) is 6.89. The van der Waals surface area contributed by atoms with Crippen LogP contribution in [0.3, 0.4) is 0 Å². The highest BCUT2D eigenvalue weighted by Gasteiger charge is 2.19. The Kier molecular flexibility index (Phi) is 5.06. The van der Waals surface area contributed by atoms with Gasteiger partial charge in [-0.3, -0.25) is 14.9 Å². The van der Waals surface area contributed by atoms with Gasteiger partial charge in [0.25, 0.3) is 5.69 Å². The Morgan fingerprint density at radius 2 is 2.05 bits per heavy atom. The maximum atomic E-state index is 11.7. The summed E-state index contributed by atoms with van der Waals surface area (Å²) in [6.07, 6.45) is 3.43. The molecule has 0 aromatic heterocycles. The van der Waals surface area contributed by atoms with Crippen LogP contribution in [-0.2, 0) is 11.2 Å². The molecule has 1 aliphatic rings. The number of nitro groups is 1. The highest BCUT2D eigenvalue weighted by Crippen LogP contribution is 2.18. The molecule has 6 heteroatoms. The van der Waals surface area contributed by atoms with Crippen LogP contribution in [0.1, 0.15) is 24.8 Å². The normalized spacial score (nSPS) is 14.0. The summed E-state index contributed by atoms with van der Waals surface area (Å²) in [6.45, 7) is 1.50. The number of para-hydroxylation sites is 1. The highest BCUT2D eigenvalue weighted by molar-refractivity contribution is 5.79. The topological polar surface area (TPSA) is 84.3 Å². The fraction of sp³-hybridized carbons (Fsp3) is 0.500. The van der Waals surface area contributed by atoms with Gasteiger partial charge >= 0.3 is 0 Å². The minimum absolute atomic E-state index is 0.00181.